The Morgan fingerprint density at radius 1 is 1.38 bits per heavy atom. The van der Waals surface area contributed by atoms with Gasteiger partial charge in [-0.15, -0.1) is 0 Å². The average molecular weight is 289 g/mol. The Kier molecular flexibility index (Phi) is 4.37. The number of halogens is 1. The highest BCUT2D eigenvalue weighted by Crippen LogP contribution is 2.25. The number of carbonyl (C=O) groups excluding carboxylic acids is 1. The number of nitrogen functional groups attached to an aromatic ring is 1. The lowest BCUT2D eigenvalue weighted by molar-refractivity contribution is 0.0934. The summed E-state index contributed by atoms with van der Waals surface area (Å²) in [5.41, 5.74) is 6.80. The number of hydrogen-bond acceptors (Lipinski definition) is 4. The number of benzene rings is 1. The van der Waals surface area contributed by atoms with E-state index < -0.39 is 11.9 Å². The Hall–Kier alpha value is -2.63. The van der Waals surface area contributed by atoms with E-state index in [0.29, 0.717) is 17.0 Å². The zero-order valence-corrected chi connectivity index (χ0v) is 11.8. The highest BCUT2D eigenvalue weighted by Gasteiger charge is 2.16. The third-order valence-electron chi connectivity index (χ3n) is 3.02. The van der Waals surface area contributed by atoms with Crippen LogP contribution < -0.4 is 15.8 Å². The lowest BCUT2D eigenvalue weighted by Crippen LogP contribution is -2.27. The lowest BCUT2D eigenvalue weighted by Gasteiger charge is -2.17. The predicted molar refractivity (Wildman–Crippen MR) is 77.5 cm³/mol. The van der Waals surface area contributed by atoms with Crippen LogP contribution in [0.15, 0.2) is 36.5 Å². The van der Waals surface area contributed by atoms with Crippen molar-refractivity contribution in [2.24, 2.45) is 0 Å². The number of ether oxygens (including phenoxy) is 1. The van der Waals surface area contributed by atoms with Crippen molar-refractivity contribution in [3.63, 3.8) is 0 Å². The van der Waals surface area contributed by atoms with Crippen LogP contribution in [0, 0.1) is 5.82 Å². The molecule has 1 heterocycles. The van der Waals surface area contributed by atoms with Gasteiger partial charge >= 0.3 is 0 Å². The summed E-state index contributed by atoms with van der Waals surface area (Å²) in [7, 11) is 1.49. The van der Waals surface area contributed by atoms with Crippen LogP contribution in [0.5, 0.6) is 5.75 Å². The SMILES string of the molecule is COc1ccc(F)cc1C(C)NC(=O)c1ccc(N)cn1. The minimum Gasteiger partial charge on any atom is -0.496 e. The second kappa shape index (κ2) is 6.21. The molecular formula is C15H16FN3O2. The minimum atomic E-state index is -0.428. The first-order valence-electron chi connectivity index (χ1n) is 6.37. The smallest absolute Gasteiger partial charge is 0.270 e. The monoisotopic (exact) mass is 289 g/mol. The van der Waals surface area contributed by atoms with Gasteiger partial charge in [-0.05, 0) is 37.3 Å². The summed E-state index contributed by atoms with van der Waals surface area (Å²) >= 11 is 0. The molecule has 0 saturated heterocycles. The topological polar surface area (TPSA) is 77.2 Å². The van der Waals surface area contributed by atoms with Crippen molar-refractivity contribution >= 4 is 11.6 Å². The molecule has 1 aromatic heterocycles. The summed E-state index contributed by atoms with van der Waals surface area (Å²) in [5.74, 6) is -0.249. The van der Waals surface area contributed by atoms with Crippen LogP contribution in [-0.4, -0.2) is 18.0 Å². The molecule has 5 nitrogen and oxygen atoms in total. The molecule has 0 radical (unpaired) electrons. The molecule has 1 atom stereocenters. The van der Waals surface area contributed by atoms with Crippen molar-refractivity contribution in [1.29, 1.82) is 0 Å². The molecule has 0 aliphatic heterocycles. The number of anilines is 1. The van der Waals surface area contributed by atoms with Crippen LogP contribution in [0.1, 0.15) is 29.0 Å². The van der Waals surface area contributed by atoms with Crippen LogP contribution in [0.3, 0.4) is 0 Å². The van der Waals surface area contributed by atoms with Gasteiger partial charge in [-0.1, -0.05) is 0 Å². The summed E-state index contributed by atoms with van der Waals surface area (Å²) in [6.45, 7) is 1.74. The predicted octanol–water partition coefficient (Wildman–Crippen LogP) is 2.30. The first-order chi connectivity index (χ1) is 10.0. The molecule has 2 aromatic rings. The Bertz CT molecular complexity index is 644. The average Bonchev–Trinajstić information content (AvgIpc) is 2.47. The number of aromatic nitrogens is 1. The van der Waals surface area contributed by atoms with Crippen LogP contribution in [0.4, 0.5) is 10.1 Å². The number of nitrogens with zero attached hydrogens (tertiary/aromatic N) is 1. The lowest BCUT2D eigenvalue weighted by atomic mass is 10.1. The minimum absolute atomic E-state index is 0.242. The van der Waals surface area contributed by atoms with Crippen molar-refractivity contribution in [1.82, 2.24) is 10.3 Å². The fourth-order valence-corrected chi connectivity index (χ4v) is 1.93. The molecule has 1 aromatic carbocycles. The van der Waals surface area contributed by atoms with E-state index in [1.54, 1.807) is 13.0 Å². The van der Waals surface area contributed by atoms with E-state index in [9.17, 15) is 9.18 Å². The Morgan fingerprint density at radius 3 is 2.76 bits per heavy atom. The van der Waals surface area contributed by atoms with E-state index in [0.717, 1.165) is 0 Å². The first kappa shape index (κ1) is 14.8. The standard InChI is InChI=1S/C15H16FN3O2/c1-9(12-7-10(16)3-6-14(12)21-2)19-15(20)13-5-4-11(17)8-18-13/h3-9H,17H2,1-2H3,(H,19,20). The third-order valence-corrected chi connectivity index (χ3v) is 3.02. The summed E-state index contributed by atoms with van der Waals surface area (Å²) < 4.78 is 18.5. The van der Waals surface area contributed by atoms with Gasteiger partial charge in [0.25, 0.3) is 5.91 Å². The Balaban J connectivity index is 2.17. The summed E-state index contributed by atoms with van der Waals surface area (Å²) in [6.07, 6.45) is 1.41. The summed E-state index contributed by atoms with van der Waals surface area (Å²) in [4.78, 5) is 16.0. The second-order valence-corrected chi connectivity index (χ2v) is 4.56. The highest BCUT2D eigenvalue weighted by atomic mass is 19.1. The van der Waals surface area contributed by atoms with Crippen molar-refractivity contribution in [2.45, 2.75) is 13.0 Å². The molecule has 1 unspecified atom stereocenters. The van der Waals surface area contributed by atoms with Gasteiger partial charge in [0.1, 0.15) is 17.3 Å². The molecule has 0 spiro atoms. The Labute approximate surface area is 121 Å². The number of rotatable bonds is 4. The van der Waals surface area contributed by atoms with Crippen LogP contribution in [0.2, 0.25) is 0 Å². The van der Waals surface area contributed by atoms with E-state index in [1.165, 1.54) is 37.6 Å². The largest absolute Gasteiger partial charge is 0.496 e. The molecule has 3 N–H and O–H groups in total. The molecule has 0 bridgehead atoms. The van der Waals surface area contributed by atoms with Crippen LogP contribution in [-0.2, 0) is 0 Å². The molecule has 0 saturated carbocycles. The second-order valence-electron chi connectivity index (χ2n) is 4.56. The van der Waals surface area contributed by atoms with E-state index in [2.05, 4.69) is 10.3 Å². The Morgan fingerprint density at radius 2 is 2.14 bits per heavy atom. The number of pyridine rings is 1. The number of methoxy groups -OCH3 is 1. The molecule has 2 rings (SSSR count). The molecule has 6 heteroatoms. The van der Waals surface area contributed by atoms with Crippen LogP contribution >= 0.6 is 0 Å². The van der Waals surface area contributed by atoms with E-state index >= 15 is 0 Å². The van der Waals surface area contributed by atoms with Gasteiger partial charge in [0, 0.05) is 5.56 Å². The summed E-state index contributed by atoms with van der Waals surface area (Å²) in [5, 5.41) is 2.74. The maximum atomic E-state index is 13.4. The van der Waals surface area contributed by atoms with E-state index in [1.807, 2.05) is 0 Å². The van der Waals surface area contributed by atoms with E-state index in [-0.39, 0.29) is 11.6 Å². The normalized spacial score (nSPS) is 11.8. The zero-order valence-electron chi connectivity index (χ0n) is 11.8. The number of hydrogen-bond donors (Lipinski definition) is 2. The zero-order chi connectivity index (χ0) is 15.4. The van der Waals surface area contributed by atoms with Crippen molar-refractivity contribution < 1.29 is 13.9 Å². The quantitative estimate of drug-likeness (QED) is 0.905. The third kappa shape index (κ3) is 3.47. The van der Waals surface area contributed by atoms with E-state index in [4.69, 9.17) is 10.5 Å². The molecular weight excluding hydrogens is 273 g/mol. The maximum Gasteiger partial charge on any atom is 0.270 e. The number of amides is 1. The fraction of sp³-hybridized carbons (Fsp3) is 0.200. The molecule has 1 amide bonds. The van der Waals surface area contributed by atoms with Crippen molar-refractivity contribution in [3.05, 3.63) is 53.6 Å². The van der Waals surface area contributed by atoms with Gasteiger partial charge in [0.05, 0.1) is 25.0 Å². The summed E-state index contributed by atoms with van der Waals surface area (Å²) in [6, 6.07) is 6.85. The highest BCUT2D eigenvalue weighted by molar-refractivity contribution is 5.92. The maximum absolute atomic E-state index is 13.4. The number of nitrogens with two attached hydrogens (primary N) is 1. The molecule has 0 aliphatic rings. The van der Waals surface area contributed by atoms with Gasteiger partial charge < -0.3 is 15.8 Å². The molecule has 110 valence electrons. The van der Waals surface area contributed by atoms with Gasteiger partial charge in [0.2, 0.25) is 0 Å². The molecule has 21 heavy (non-hydrogen) atoms. The van der Waals surface area contributed by atoms with Gasteiger partial charge in [0.15, 0.2) is 0 Å². The van der Waals surface area contributed by atoms with Gasteiger partial charge in [-0.3, -0.25) is 4.79 Å². The van der Waals surface area contributed by atoms with Crippen LogP contribution in [0.25, 0.3) is 0 Å². The van der Waals surface area contributed by atoms with Gasteiger partial charge in [-0.25, -0.2) is 9.37 Å². The number of nitrogens with one attached hydrogen (secondary N) is 1. The molecule has 0 aliphatic carbocycles. The first-order valence-corrected chi connectivity index (χ1v) is 6.37. The molecule has 0 fully saturated rings. The number of carbonyl (C=O) groups is 1. The van der Waals surface area contributed by atoms with Gasteiger partial charge in [-0.2, -0.15) is 0 Å². The van der Waals surface area contributed by atoms with Crippen molar-refractivity contribution in [2.75, 3.05) is 12.8 Å². The van der Waals surface area contributed by atoms with Crippen molar-refractivity contribution in [3.8, 4) is 5.75 Å². The fourth-order valence-electron chi connectivity index (χ4n) is 1.93.